The molecule has 4 aromatic rings. The molecular formula is C19H14N2O. The zero-order valence-corrected chi connectivity index (χ0v) is 12.1. The Bertz CT molecular complexity index is 1060. The number of benzene rings is 3. The molecule has 0 bridgehead atoms. The van der Waals surface area contributed by atoms with Crippen molar-refractivity contribution in [2.45, 2.75) is 6.92 Å². The maximum Gasteiger partial charge on any atom is 0.259 e. The third-order valence-corrected chi connectivity index (χ3v) is 3.99. The molecular weight excluding hydrogens is 272 g/mol. The minimum absolute atomic E-state index is 0.104. The fraction of sp³-hybridized carbons (Fsp3) is 0.0526. The summed E-state index contributed by atoms with van der Waals surface area (Å²) in [6, 6.07) is 19.7. The van der Waals surface area contributed by atoms with Gasteiger partial charge in [-0.3, -0.25) is 4.79 Å². The Morgan fingerprint density at radius 2 is 1.59 bits per heavy atom. The minimum Gasteiger partial charge on any atom is -0.306 e. The van der Waals surface area contributed by atoms with Crippen molar-refractivity contribution in [1.29, 1.82) is 0 Å². The van der Waals surface area contributed by atoms with E-state index in [-0.39, 0.29) is 5.56 Å². The van der Waals surface area contributed by atoms with Crippen molar-refractivity contribution in [3.63, 3.8) is 0 Å². The zero-order valence-electron chi connectivity index (χ0n) is 12.1. The van der Waals surface area contributed by atoms with Crippen LogP contribution in [0.3, 0.4) is 0 Å². The summed E-state index contributed by atoms with van der Waals surface area (Å²) in [5.74, 6) is 0.623. The van der Waals surface area contributed by atoms with E-state index >= 15 is 0 Å². The molecule has 0 spiro atoms. The number of rotatable bonds is 1. The Morgan fingerprint density at radius 3 is 2.45 bits per heavy atom. The lowest BCUT2D eigenvalue weighted by Crippen LogP contribution is -2.10. The maximum absolute atomic E-state index is 12.3. The number of nitrogens with zero attached hydrogens (tertiary/aromatic N) is 1. The SMILES string of the molecule is Cc1ccc2ccccc2c1-c1nc2ccccc2c(=O)[nH]1. The molecule has 0 fully saturated rings. The van der Waals surface area contributed by atoms with Crippen LogP contribution in [-0.2, 0) is 0 Å². The number of aromatic nitrogens is 2. The summed E-state index contributed by atoms with van der Waals surface area (Å²) in [4.78, 5) is 19.9. The normalized spacial score (nSPS) is 11.1. The second kappa shape index (κ2) is 4.81. The van der Waals surface area contributed by atoms with E-state index < -0.39 is 0 Å². The Kier molecular flexibility index (Phi) is 2.79. The van der Waals surface area contributed by atoms with E-state index in [9.17, 15) is 4.79 Å². The third-order valence-electron chi connectivity index (χ3n) is 3.99. The number of hydrogen-bond donors (Lipinski definition) is 1. The molecule has 0 atom stereocenters. The number of para-hydroxylation sites is 1. The van der Waals surface area contributed by atoms with Gasteiger partial charge in [0.1, 0.15) is 5.82 Å². The molecule has 0 unspecified atom stereocenters. The molecule has 1 N–H and O–H groups in total. The number of H-pyrrole nitrogens is 1. The van der Waals surface area contributed by atoms with Crippen molar-refractivity contribution in [2.75, 3.05) is 0 Å². The van der Waals surface area contributed by atoms with Gasteiger partial charge in [-0.1, -0.05) is 48.5 Å². The molecule has 0 saturated carbocycles. The second-order valence-corrected chi connectivity index (χ2v) is 5.41. The standard InChI is InChI=1S/C19H14N2O/c1-12-10-11-13-6-2-3-7-14(13)17(12)18-20-16-9-5-4-8-15(16)19(22)21-18/h2-11H,1H3,(H,20,21,22). The predicted molar refractivity (Wildman–Crippen MR) is 90.0 cm³/mol. The molecule has 22 heavy (non-hydrogen) atoms. The van der Waals surface area contributed by atoms with Gasteiger partial charge in [0.15, 0.2) is 0 Å². The van der Waals surface area contributed by atoms with Gasteiger partial charge in [0, 0.05) is 5.56 Å². The van der Waals surface area contributed by atoms with Crippen LogP contribution in [-0.4, -0.2) is 9.97 Å². The Balaban J connectivity index is 2.12. The van der Waals surface area contributed by atoms with Gasteiger partial charge < -0.3 is 4.98 Å². The third kappa shape index (κ3) is 1.91. The summed E-state index contributed by atoms with van der Waals surface area (Å²) in [5.41, 5.74) is 2.69. The molecule has 0 aliphatic heterocycles. The first-order valence-corrected chi connectivity index (χ1v) is 7.22. The summed E-state index contributed by atoms with van der Waals surface area (Å²) in [6.45, 7) is 2.04. The average molecular weight is 286 g/mol. The van der Waals surface area contributed by atoms with E-state index in [1.54, 1.807) is 6.07 Å². The van der Waals surface area contributed by atoms with Crippen LogP contribution in [0.25, 0.3) is 33.1 Å². The van der Waals surface area contributed by atoms with Crippen LogP contribution in [0.2, 0.25) is 0 Å². The predicted octanol–water partition coefficient (Wildman–Crippen LogP) is 4.05. The Hall–Kier alpha value is -2.94. The van der Waals surface area contributed by atoms with Crippen LogP contribution >= 0.6 is 0 Å². The summed E-state index contributed by atoms with van der Waals surface area (Å²) in [6.07, 6.45) is 0. The van der Waals surface area contributed by atoms with Gasteiger partial charge in [-0.25, -0.2) is 4.98 Å². The molecule has 1 heterocycles. The fourth-order valence-corrected chi connectivity index (χ4v) is 2.90. The maximum atomic E-state index is 12.3. The lowest BCUT2D eigenvalue weighted by atomic mass is 9.99. The van der Waals surface area contributed by atoms with Crippen LogP contribution in [0.5, 0.6) is 0 Å². The Labute approximate surface area is 127 Å². The summed E-state index contributed by atoms with van der Waals surface area (Å²) < 4.78 is 0. The average Bonchev–Trinajstić information content (AvgIpc) is 2.54. The molecule has 0 saturated heterocycles. The van der Waals surface area contributed by atoms with Crippen LogP contribution in [0.4, 0.5) is 0 Å². The molecule has 3 aromatic carbocycles. The van der Waals surface area contributed by atoms with Gasteiger partial charge in [0.25, 0.3) is 5.56 Å². The van der Waals surface area contributed by atoms with E-state index in [2.05, 4.69) is 34.2 Å². The number of nitrogens with one attached hydrogen (secondary N) is 1. The molecule has 1 aromatic heterocycles. The molecule has 0 aliphatic carbocycles. The van der Waals surface area contributed by atoms with Gasteiger partial charge in [0.2, 0.25) is 0 Å². The van der Waals surface area contributed by atoms with E-state index in [0.29, 0.717) is 16.7 Å². The first kappa shape index (κ1) is 12.8. The number of fused-ring (bicyclic) bond motifs is 2. The van der Waals surface area contributed by atoms with Gasteiger partial charge in [-0.15, -0.1) is 0 Å². The Morgan fingerprint density at radius 1 is 0.864 bits per heavy atom. The molecule has 0 aliphatic rings. The quantitative estimate of drug-likeness (QED) is 0.573. The number of aromatic amines is 1. The molecule has 106 valence electrons. The lowest BCUT2D eigenvalue weighted by molar-refractivity contribution is 1.18. The van der Waals surface area contributed by atoms with Crippen molar-refractivity contribution in [1.82, 2.24) is 9.97 Å². The van der Waals surface area contributed by atoms with Crippen molar-refractivity contribution < 1.29 is 0 Å². The summed E-state index contributed by atoms with van der Waals surface area (Å²) in [7, 11) is 0. The first-order chi connectivity index (χ1) is 10.7. The second-order valence-electron chi connectivity index (χ2n) is 5.41. The number of aryl methyl sites for hydroxylation is 1. The van der Waals surface area contributed by atoms with Crippen molar-refractivity contribution in [2.24, 2.45) is 0 Å². The van der Waals surface area contributed by atoms with Crippen LogP contribution in [0, 0.1) is 6.92 Å². The zero-order chi connectivity index (χ0) is 15.1. The molecule has 3 heteroatoms. The van der Waals surface area contributed by atoms with Crippen LogP contribution in [0.1, 0.15) is 5.56 Å². The van der Waals surface area contributed by atoms with E-state index in [4.69, 9.17) is 0 Å². The van der Waals surface area contributed by atoms with E-state index in [0.717, 1.165) is 21.9 Å². The highest BCUT2D eigenvalue weighted by atomic mass is 16.1. The highest BCUT2D eigenvalue weighted by Gasteiger charge is 2.11. The first-order valence-electron chi connectivity index (χ1n) is 7.22. The van der Waals surface area contributed by atoms with Gasteiger partial charge in [0.05, 0.1) is 10.9 Å². The van der Waals surface area contributed by atoms with Gasteiger partial charge >= 0.3 is 0 Å². The summed E-state index contributed by atoms with van der Waals surface area (Å²) in [5, 5.41) is 2.85. The van der Waals surface area contributed by atoms with Crippen molar-refractivity contribution >= 4 is 21.7 Å². The highest BCUT2D eigenvalue weighted by Crippen LogP contribution is 2.29. The highest BCUT2D eigenvalue weighted by molar-refractivity contribution is 5.97. The van der Waals surface area contributed by atoms with Crippen molar-refractivity contribution in [3.8, 4) is 11.4 Å². The van der Waals surface area contributed by atoms with Crippen LogP contribution in [0.15, 0.2) is 65.5 Å². The van der Waals surface area contributed by atoms with Gasteiger partial charge in [-0.2, -0.15) is 0 Å². The molecule has 3 nitrogen and oxygen atoms in total. The van der Waals surface area contributed by atoms with Crippen molar-refractivity contribution in [3.05, 3.63) is 76.6 Å². The molecule has 0 radical (unpaired) electrons. The van der Waals surface area contributed by atoms with Crippen LogP contribution < -0.4 is 5.56 Å². The fourth-order valence-electron chi connectivity index (χ4n) is 2.90. The topological polar surface area (TPSA) is 45.8 Å². The minimum atomic E-state index is -0.104. The van der Waals surface area contributed by atoms with E-state index in [1.807, 2.05) is 37.3 Å². The monoisotopic (exact) mass is 286 g/mol. The smallest absolute Gasteiger partial charge is 0.259 e. The molecule has 0 amide bonds. The molecule has 4 rings (SSSR count). The number of hydrogen-bond acceptors (Lipinski definition) is 2. The summed E-state index contributed by atoms with van der Waals surface area (Å²) >= 11 is 0. The van der Waals surface area contributed by atoms with E-state index in [1.165, 1.54) is 0 Å². The lowest BCUT2D eigenvalue weighted by Gasteiger charge is -2.10. The largest absolute Gasteiger partial charge is 0.306 e. The van der Waals surface area contributed by atoms with Gasteiger partial charge in [-0.05, 0) is 35.4 Å².